The number of aryl methyl sites for hydroxylation is 2. The molecule has 0 unspecified atom stereocenters. The van der Waals surface area contributed by atoms with Crippen LogP contribution in [0.25, 0.3) is 5.69 Å². The molecule has 1 atom stereocenters. The van der Waals surface area contributed by atoms with Crippen molar-refractivity contribution in [1.82, 2.24) is 28.8 Å². The molecule has 0 saturated heterocycles. The summed E-state index contributed by atoms with van der Waals surface area (Å²) in [5, 5.41) is 4.01. The molecule has 1 amide bonds. The van der Waals surface area contributed by atoms with Crippen molar-refractivity contribution >= 4 is 5.91 Å². The van der Waals surface area contributed by atoms with E-state index in [0.717, 1.165) is 10.4 Å². The number of hydrogen-bond donors (Lipinski definition) is 0. The average Bonchev–Trinajstić information content (AvgIpc) is 3.24. The molecule has 1 aliphatic rings. The molecule has 11 heteroatoms. The summed E-state index contributed by atoms with van der Waals surface area (Å²) < 4.78 is 42.1. The van der Waals surface area contributed by atoms with E-state index >= 15 is 0 Å². The van der Waals surface area contributed by atoms with Gasteiger partial charge in [-0.3, -0.25) is 14.3 Å². The van der Waals surface area contributed by atoms with Gasteiger partial charge in [-0.15, -0.1) is 0 Å². The summed E-state index contributed by atoms with van der Waals surface area (Å²) >= 11 is 0. The van der Waals surface area contributed by atoms with Crippen LogP contribution in [-0.4, -0.2) is 46.9 Å². The fourth-order valence-electron chi connectivity index (χ4n) is 3.78. The number of imidazole rings is 1. The molecule has 0 saturated carbocycles. The summed E-state index contributed by atoms with van der Waals surface area (Å²) in [5.41, 5.74) is 1.80. The van der Waals surface area contributed by atoms with Crippen LogP contribution in [0.1, 0.15) is 34.5 Å². The number of hydrogen-bond acceptors (Lipinski definition) is 4. The summed E-state index contributed by atoms with van der Waals surface area (Å²) in [5.74, 6) is -0.368. The van der Waals surface area contributed by atoms with Crippen LogP contribution in [0.15, 0.2) is 35.5 Å². The molecule has 31 heavy (non-hydrogen) atoms. The second-order valence-corrected chi connectivity index (χ2v) is 7.77. The monoisotopic (exact) mass is 434 g/mol. The molecule has 0 spiro atoms. The van der Waals surface area contributed by atoms with Gasteiger partial charge in [0, 0.05) is 24.5 Å². The Morgan fingerprint density at radius 1 is 1.19 bits per heavy atom. The molecule has 4 heterocycles. The van der Waals surface area contributed by atoms with Crippen LogP contribution >= 0.6 is 0 Å². The van der Waals surface area contributed by atoms with Gasteiger partial charge < -0.3 is 14.0 Å². The first-order chi connectivity index (χ1) is 14.5. The summed E-state index contributed by atoms with van der Waals surface area (Å²) in [7, 11) is 0. The maximum absolute atomic E-state index is 13.1. The van der Waals surface area contributed by atoms with Crippen LogP contribution < -0.4 is 5.56 Å². The van der Waals surface area contributed by atoms with Crippen molar-refractivity contribution < 1.29 is 18.0 Å². The number of rotatable bonds is 4. The number of alkyl halides is 3. The Morgan fingerprint density at radius 3 is 2.58 bits per heavy atom. The predicted molar refractivity (Wildman–Crippen MR) is 105 cm³/mol. The Kier molecular flexibility index (Phi) is 4.98. The van der Waals surface area contributed by atoms with Crippen molar-refractivity contribution in [3.63, 3.8) is 0 Å². The minimum absolute atomic E-state index is 0.0579. The van der Waals surface area contributed by atoms with Gasteiger partial charge in [0.2, 0.25) is 0 Å². The molecule has 0 bridgehead atoms. The van der Waals surface area contributed by atoms with Crippen molar-refractivity contribution in [3.8, 4) is 5.69 Å². The Labute approximate surface area is 175 Å². The van der Waals surface area contributed by atoms with Gasteiger partial charge in [-0.05, 0) is 39.0 Å². The highest BCUT2D eigenvalue weighted by atomic mass is 19.4. The number of pyridine rings is 1. The van der Waals surface area contributed by atoms with E-state index in [4.69, 9.17) is 0 Å². The summed E-state index contributed by atoms with van der Waals surface area (Å²) in [6.45, 7) is 4.29. The third-order valence-corrected chi connectivity index (χ3v) is 5.30. The topological polar surface area (TPSA) is 78.0 Å². The van der Waals surface area contributed by atoms with Gasteiger partial charge in [-0.2, -0.15) is 18.3 Å². The van der Waals surface area contributed by atoms with Crippen molar-refractivity contribution in [3.05, 3.63) is 63.9 Å². The van der Waals surface area contributed by atoms with Crippen LogP contribution in [0.4, 0.5) is 13.2 Å². The highest BCUT2D eigenvalue weighted by Gasteiger charge is 2.33. The summed E-state index contributed by atoms with van der Waals surface area (Å²) in [4.78, 5) is 31.7. The zero-order valence-electron chi connectivity index (χ0n) is 17.2. The Bertz CT molecular complexity index is 1210. The van der Waals surface area contributed by atoms with Gasteiger partial charge in [0.25, 0.3) is 11.5 Å². The summed E-state index contributed by atoms with van der Waals surface area (Å²) in [6.07, 6.45) is -1.11. The number of amides is 1. The van der Waals surface area contributed by atoms with E-state index in [0.29, 0.717) is 17.1 Å². The quantitative estimate of drug-likeness (QED) is 0.632. The van der Waals surface area contributed by atoms with E-state index < -0.39 is 12.7 Å². The molecule has 0 radical (unpaired) electrons. The number of halogens is 3. The number of nitrogens with zero attached hydrogens (tertiary/aromatic N) is 6. The lowest BCUT2D eigenvalue weighted by atomic mass is 10.1. The lowest BCUT2D eigenvalue weighted by Crippen LogP contribution is -2.49. The van der Waals surface area contributed by atoms with Gasteiger partial charge >= 0.3 is 6.18 Å². The van der Waals surface area contributed by atoms with Crippen molar-refractivity contribution in [2.24, 2.45) is 0 Å². The lowest BCUT2D eigenvalue weighted by molar-refractivity contribution is -0.143. The summed E-state index contributed by atoms with van der Waals surface area (Å²) in [6, 6.07) is 4.35. The molecular formula is C20H21F3N6O2. The van der Waals surface area contributed by atoms with E-state index in [1.54, 1.807) is 36.1 Å². The van der Waals surface area contributed by atoms with Gasteiger partial charge in [0.15, 0.2) is 0 Å². The Morgan fingerprint density at radius 2 is 1.94 bits per heavy atom. The molecule has 1 aliphatic heterocycles. The first-order valence-corrected chi connectivity index (χ1v) is 9.69. The molecule has 0 N–H and O–H groups in total. The minimum Gasteiger partial charge on any atom is -0.327 e. The number of aromatic nitrogens is 5. The standard InChI is InChI=1S/C20H21F3N6O2/c1-12-7-26(11-24-12)16-4-5-17-19(31)27(14(3)8-28(17)18(16)30)9-15-6-13(2)29(25-15)10-20(21,22)23/h4-7,11,14H,8-10H2,1-3H3/t14-/m1/s1. The fourth-order valence-corrected chi connectivity index (χ4v) is 3.78. The SMILES string of the molecule is Cc1cn(-c2ccc3n(c2=O)C[C@@H](C)N(Cc2cc(C)n(CC(F)(F)F)n2)C3=O)cn1. The van der Waals surface area contributed by atoms with Crippen LogP contribution in [0.2, 0.25) is 0 Å². The van der Waals surface area contributed by atoms with Crippen LogP contribution in [0.5, 0.6) is 0 Å². The second kappa shape index (κ2) is 7.40. The van der Waals surface area contributed by atoms with E-state index in [9.17, 15) is 22.8 Å². The highest BCUT2D eigenvalue weighted by molar-refractivity contribution is 5.93. The molecule has 3 aromatic heterocycles. The highest BCUT2D eigenvalue weighted by Crippen LogP contribution is 2.22. The number of fused-ring (bicyclic) bond motifs is 1. The van der Waals surface area contributed by atoms with Crippen molar-refractivity contribution in [2.45, 2.75) is 52.6 Å². The Hall–Kier alpha value is -3.37. The molecule has 8 nitrogen and oxygen atoms in total. The lowest BCUT2D eigenvalue weighted by Gasteiger charge is -2.35. The fraction of sp³-hybridized carbons (Fsp3) is 0.400. The largest absolute Gasteiger partial charge is 0.408 e. The normalized spacial score (nSPS) is 16.6. The van der Waals surface area contributed by atoms with Gasteiger partial charge in [0.05, 0.1) is 24.3 Å². The molecule has 0 fully saturated rings. The second-order valence-electron chi connectivity index (χ2n) is 7.77. The van der Waals surface area contributed by atoms with Crippen molar-refractivity contribution in [2.75, 3.05) is 0 Å². The van der Waals surface area contributed by atoms with Crippen molar-refractivity contribution in [1.29, 1.82) is 0 Å². The maximum Gasteiger partial charge on any atom is 0.408 e. The van der Waals surface area contributed by atoms with Crippen LogP contribution in [-0.2, 0) is 19.6 Å². The molecule has 4 rings (SSSR count). The zero-order valence-corrected chi connectivity index (χ0v) is 17.2. The molecule has 164 valence electrons. The first-order valence-electron chi connectivity index (χ1n) is 9.69. The van der Waals surface area contributed by atoms with Crippen LogP contribution in [0, 0.1) is 13.8 Å². The predicted octanol–water partition coefficient (Wildman–Crippen LogP) is 2.45. The number of carbonyl (C=O) groups excluding carboxylic acids is 1. The first kappa shape index (κ1) is 20.9. The zero-order chi connectivity index (χ0) is 22.5. The number of carbonyl (C=O) groups is 1. The smallest absolute Gasteiger partial charge is 0.327 e. The third-order valence-electron chi connectivity index (χ3n) is 5.30. The van der Waals surface area contributed by atoms with Gasteiger partial charge in [-0.25, -0.2) is 4.98 Å². The molecule has 0 aromatic carbocycles. The van der Waals surface area contributed by atoms with E-state index in [1.807, 2.05) is 6.92 Å². The maximum atomic E-state index is 13.1. The van der Waals surface area contributed by atoms with Crippen LogP contribution in [0.3, 0.4) is 0 Å². The van der Waals surface area contributed by atoms with Gasteiger partial charge in [-0.1, -0.05) is 0 Å². The van der Waals surface area contributed by atoms with E-state index in [1.165, 1.54) is 22.5 Å². The van der Waals surface area contributed by atoms with Gasteiger partial charge in [0.1, 0.15) is 17.9 Å². The van der Waals surface area contributed by atoms with E-state index in [2.05, 4.69) is 10.1 Å². The average molecular weight is 434 g/mol. The Balaban J connectivity index is 1.62. The van der Waals surface area contributed by atoms with E-state index in [-0.39, 0.29) is 36.3 Å². The minimum atomic E-state index is -4.38. The molecule has 3 aromatic rings. The third kappa shape index (κ3) is 3.99. The molecular weight excluding hydrogens is 413 g/mol. The molecule has 0 aliphatic carbocycles.